The standard InChI is InChI=1S/C14H10Br2N2O6S/c15-11-3-1-9(5-13(11)17(19)20)7-25(23,24)8-10-2-4-12(16)14(6-10)18(21)22/h1-6H,7-8H2. The molecule has 25 heavy (non-hydrogen) atoms. The van der Waals surface area contributed by atoms with Crippen molar-refractivity contribution in [2.45, 2.75) is 11.5 Å². The first-order valence-corrected chi connectivity index (χ1v) is 10.1. The molecule has 0 radical (unpaired) electrons. The monoisotopic (exact) mass is 492 g/mol. The lowest BCUT2D eigenvalue weighted by Gasteiger charge is -2.06. The van der Waals surface area contributed by atoms with E-state index in [0.717, 1.165) is 0 Å². The van der Waals surface area contributed by atoms with Crippen LogP contribution >= 0.6 is 31.9 Å². The summed E-state index contributed by atoms with van der Waals surface area (Å²) in [4.78, 5) is 20.6. The van der Waals surface area contributed by atoms with E-state index in [2.05, 4.69) is 31.9 Å². The van der Waals surface area contributed by atoms with E-state index in [1.165, 1.54) is 36.4 Å². The van der Waals surface area contributed by atoms with E-state index in [9.17, 15) is 28.6 Å². The van der Waals surface area contributed by atoms with Crippen LogP contribution in [0.2, 0.25) is 0 Å². The molecule has 8 nitrogen and oxygen atoms in total. The summed E-state index contributed by atoms with van der Waals surface area (Å²) in [7, 11) is -3.67. The van der Waals surface area contributed by atoms with Crippen LogP contribution in [0, 0.1) is 20.2 Å². The number of halogens is 2. The van der Waals surface area contributed by atoms with Gasteiger partial charge in [-0.3, -0.25) is 20.2 Å². The lowest BCUT2D eigenvalue weighted by molar-refractivity contribution is -0.385. The lowest BCUT2D eigenvalue weighted by Crippen LogP contribution is -2.08. The first-order valence-electron chi connectivity index (χ1n) is 6.65. The lowest BCUT2D eigenvalue weighted by atomic mass is 10.2. The molecule has 0 fully saturated rings. The molecule has 132 valence electrons. The van der Waals surface area contributed by atoms with Crippen molar-refractivity contribution in [3.05, 3.63) is 76.7 Å². The zero-order valence-electron chi connectivity index (χ0n) is 12.4. The average Bonchev–Trinajstić information content (AvgIpc) is 2.50. The van der Waals surface area contributed by atoms with Gasteiger partial charge in [0.2, 0.25) is 0 Å². The third-order valence-electron chi connectivity index (χ3n) is 3.19. The van der Waals surface area contributed by atoms with E-state index < -0.39 is 31.2 Å². The van der Waals surface area contributed by atoms with Gasteiger partial charge in [-0.25, -0.2) is 8.42 Å². The molecule has 0 saturated carbocycles. The van der Waals surface area contributed by atoms with Gasteiger partial charge in [-0.1, -0.05) is 12.1 Å². The van der Waals surface area contributed by atoms with Gasteiger partial charge in [-0.15, -0.1) is 0 Å². The van der Waals surface area contributed by atoms with E-state index in [4.69, 9.17) is 0 Å². The smallest absolute Gasteiger partial charge is 0.258 e. The predicted octanol–water partition coefficient (Wildman–Crippen LogP) is 4.14. The zero-order chi connectivity index (χ0) is 18.8. The van der Waals surface area contributed by atoms with Crippen LogP contribution in [0.15, 0.2) is 45.3 Å². The molecular weight excluding hydrogens is 484 g/mol. The molecule has 2 rings (SSSR count). The van der Waals surface area contributed by atoms with E-state index in [1.807, 2.05) is 0 Å². The highest BCUT2D eigenvalue weighted by molar-refractivity contribution is 9.11. The van der Waals surface area contributed by atoms with Crippen molar-refractivity contribution in [1.82, 2.24) is 0 Å². The van der Waals surface area contributed by atoms with Crippen LogP contribution in [-0.2, 0) is 21.3 Å². The summed E-state index contributed by atoms with van der Waals surface area (Å²) in [6, 6.07) is 8.13. The summed E-state index contributed by atoms with van der Waals surface area (Å²) in [6.07, 6.45) is 0. The van der Waals surface area contributed by atoms with Crippen molar-refractivity contribution in [2.75, 3.05) is 0 Å². The average molecular weight is 494 g/mol. The SMILES string of the molecule is O=[N+]([O-])c1cc(CS(=O)(=O)Cc2ccc(Br)c([N+](=O)[O-])c2)ccc1Br. The van der Waals surface area contributed by atoms with Gasteiger partial charge in [0, 0.05) is 12.1 Å². The highest BCUT2D eigenvalue weighted by Gasteiger charge is 2.20. The van der Waals surface area contributed by atoms with Gasteiger partial charge in [-0.2, -0.15) is 0 Å². The van der Waals surface area contributed by atoms with Crippen molar-refractivity contribution in [2.24, 2.45) is 0 Å². The van der Waals surface area contributed by atoms with Gasteiger partial charge in [-0.05, 0) is 55.1 Å². The van der Waals surface area contributed by atoms with Crippen LogP contribution in [0.3, 0.4) is 0 Å². The Kier molecular flexibility index (Phi) is 5.91. The van der Waals surface area contributed by atoms with Crippen molar-refractivity contribution in [3.63, 3.8) is 0 Å². The Morgan fingerprint density at radius 2 is 1.16 bits per heavy atom. The van der Waals surface area contributed by atoms with Gasteiger partial charge in [0.15, 0.2) is 9.84 Å². The Hall–Kier alpha value is -1.85. The largest absolute Gasteiger partial charge is 0.283 e. The molecule has 0 aliphatic rings. The molecule has 0 heterocycles. The maximum absolute atomic E-state index is 12.3. The van der Waals surface area contributed by atoms with Crippen molar-refractivity contribution >= 4 is 53.1 Å². The van der Waals surface area contributed by atoms with Crippen LogP contribution in [0.4, 0.5) is 11.4 Å². The number of hydrogen-bond acceptors (Lipinski definition) is 6. The Morgan fingerprint density at radius 1 is 0.800 bits per heavy atom. The van der Waals surface area contributed by atoms with Gasteiger partial charge >= 0.3 is 0 Å². The number of rotatable bonds is 6. The minimum absolute atomic E-state index is 0.230. The number of hydrogen-bond donors (Lipinski definition) is 0. The third kappa shape index (κ3) is 5.06. The van der Waals surface area contributed by atoms with E-state index in [1.54, 1.807) is 0 Å². The fourth-order valence-electron chi connectivity index (χ4n) is 2.13. The number of sulfone groups is 1. The summed E-state index contributed by atoms with van der Waals surface area (Å²) < 4.78 is 25.2. The van der Waals surface area contributed by atoms with Gasteiger partial charge < -0.3 is 0 Å². The van der Waals surface area contributed by atoms with Gasteiger partial charge in [0.05, 0.1) is 30.3 Å². The van der Waals surface area contributed by atoms with E-state index in [-0.39, 0.29) is 31.4 Å². The molecule has 0 aromatic heterocycles. The predicted molar refractivity (Wildman–Crippen MR) is 97.9 cm³/mol. The molecule has 0 unspecified atom stereocenters. The van der Waals surface area contributed by atoms with Crippen molar-refractivity contribution < 1.29 is 18.3 Å². The Morgan fingerprint density at radius 3 is 1.48 bits per heavy atom. The first-order chi connectivity index (χ1) is 11.6. The summed E-state index contributed by atoms with van der Waals surface area (Å²) in [5, 5.41) is 21.8. The number of nitro groups is 2. The molecular formula is C14H10Br2N2O6S. The Bertz CT molecular complexity index is 890. The van der Waals surface area contributed by atoms with Gasteiger partial charge in [0.1, 0.15) is 0 Å². The fraction of sp³-hybridized carbons (Fsp3) is 0.143. The van der Waals surface area contributed by atoms with Crippen LogP contribution in [0.25, 0.3) is 0 Å². The summed E-state index contributed by atoms with van der Waals surface area (Å²) in [5.74, 6) is -0.823. The minimum atomic E-state index is -3.67. The van der Waals surface area contributed by atoms with Gasteiger partial charge in [0.25, 0.3) is 11.4 Å². The molecule has 0 N–H and O–H groups in total. The van der Waals surface area contributed by atoms with Crippen LogP contribution in [0.1, 0.15) is 11.1 Å². The topological polar surface area (TPSA) is 120 Å². The molecule has 0 amide bonds. The normalized spacial score (nSPS) is 11.3. The second-order valence-electron chi connectivity index (χ2n) is 5.12. The molecule has 0 saturated heterocycles. The molecule has 0 aliphatic heterocycles. The fourth-order valence-corrected chi connectivity index (χ4v) is 4.39. The first kappa shape index (κ1) is 19.5. The van der Waals surface area contributed by atoms with Crippen LogP contribution in [0.5, 0.6) is 0 Å². The number of nitro benzene ring substituents is 2. The maximum Gasteiger partial charge on any atom is 0.283 e. The quantitative estimate of drug-likeness (QED) is 0.440. The zero-order valence-corrected chi connectivity index (χ0v) is 16.4. The Labute approximate surface area is 159 Å². The molecule has 0 atom stereocenters. The summed E-state index contributed by atoms with van der Waals surface area (Å²) >= 11 is 6.07. The second-order valence-corrected chi connectivity index (χ2v) is 8.89. The maximum atomic E-state index is 12.3. The van der Waals surface area contributed by atoms with E-state index in [0.29, 0.717) is 0 Å². The van der Waals surface area contributed by atoms with Crippen LogP contribution < -0.4 is 0 Å². The molecule has 2 aromatic carbocycles. The highest BCUT2D eigenvalue weighted by Crippen LogP contribution is 2.28. The molecule has 2 aromatic rings. The number of benzene rings is 2. The van der Waals surface area contributed by atoms with Crippen LogP contribution in [-0.4, -0.2) is 18.3 Å². The second kappa shape index (κ2) is 7.58. The highest BCUT2D eigenvalue weighted by atomic mass is 79.9. The summed E-state index contributed by atoms with van der Waals surface area (Å²) in [5.41, 5.74) is 0.0713. The molecule has 0 bridgehead atoms. The third-order valence-corrected chi connectivity index (χ3v) is 6.08. The summed E-state index contributed by atoms with van der Waals surface area (Å²) in [6.45, 7) is 0. The molecule has 0 aliphatic carbocycles. The Balaban J connectivity index is 2.26. The molecule has 0 spiro atoms. The van der Waals surface area contributed by atoms with Crippen molar-refractivity contribution in [3.8, 4) is 0 Å². The molecule has 11 heteroatoms. The van der Waals surface area contributed by atoms with Crippen molar-refractivity contribution in [1.29, 1.82) is 0 Å². The number of nitrogens with zero attached hydrogens (tertiary/aromatic N) is 2. The van der Waals surface area contributed by atoms with E-state index >= 15 is 0 Å². The minimum Gasteiger partial charge on any atom is -0.258 e.